The average Bonchev–Trinajstić information content (AvgIpc) is 3.28. The maximum atomic E-state index is 15.2. The number of fused-ring (bicyclic) bond motifs is 4. The Balaban J connectivity index is 1.64. The fourth-order valence-corrected chi connectivity index (χ4v) is 7.13. The van der Waals surface area contributed by atoms with Gasteiger partial charge in [0, 0.05) is 46.5 Å². The molecule has 2 atom stereocenters. The van der Waals surface area contributed by atoms with Crippen LogP contribution in [0.3, 0.4) is 0 Å². The maximum absolute atomic E-state index is 15.2. The number of aliphatic hydroxyl groups excluding tert-OH is 1. The number of nitrogens with one attached hydrogen (secondary N) is 2. The van der Waals surface area contributed by atoms with Crippen molar-refractivity contribution in [3.05, 3.63) is 65.1 Å². The third-order valence-corrected chi connectivity index (χ3v) is 9.41. The lowest BCUT2D eigenvalue weighted by atomic mass is 9.62. The van der Waals surface area contributed by atoms with Gasteiger partial charge in [-0.15, -0.1) is 0 Å². The number of Topliss-reactive ketones (excluding diaryl/α,β-unsaturated/α-hetero) is 1. The zero-order valence-electron chi connectivity index (χ0n) is 21.6. The van der Waals surface area contributed by atoms with Gasteiger partial charge in [-0.1, -0.05) is 24.6 Å². The molecular weight excluding hydrogens is 469 g/mol. The molecule has 7 heteroatoms. The molecule has 3 N–H and O–H groups in total. The van der Waals surface area contributed by atoms with Crippen molar-refractivity contribution in [2.24, 2.45) is 5.92 Å². The van der Waals surface area contributed by atoms with Crippen molar-refractivity contribution in [3.63, 3.8) is 0 Å². The van der Waals surface area contributed by atoms with Crippen LogP contribution >= 0.6 is 0 Å². The molecule has 6 nitrogen and oxygen atoms in total. The number of hydrogen-bond donors (Lipinski definition) is 3. The molecule has 2 fully saturated rings. The number of carbonyl (C=O) groups excluding carboxylic acids is 1. The van der Waals surface area contributed by atoms with Gasteiger partial charge in [0.05, 0.1) is 19.4 Å². The van der Waals surface area contributed by atoms with E-state index in [0.29, 0.717) is 12.1 Å². The van der Waals surface area contributed by atoms with Gasteiger partial charge in [0.2, 0.25) is 0 Å². The molecule has 3 aromatic rings. The first-order valence-electron chi connectivity index (χ1n) is 13.5. The molecule has 1 aromatic heterocycles. The van der Waals surface area contributed by atoms with Crippen LogP contribution in [0.5, 0.6) is 5.75 Å². The molecule has 3 aliphatic rings. The molecule has 6 rings (SSSR count). The van der Waals surface area contributed by atoms with Gasteiger partial charge >= 0.3 is 0 Å². The predicted molar refractivity (Wildman–Crippen MR) is 141 cm³/mol. The van der Waals surface area contributed by atoms with Crippen molar-refractivity contribution in [2.45, 2.75) is 56.0 Å². The number of hydrogen-bond acceptors (Lipinski definition) is 5. The molecule has 0 radical (unpaired) electrons. The summed E-state index contributed by atoms with van der Waals surface area (Å²) >= 11 is 0. The van der Waals surface area contributed by atoms with E-state index in [1.54, 1.807) is 19.2 Å². The lowest BCUT2D eigenvalue weighted by Crippen LogP contribution is -2.65. The largest absolute Gasteiger partial charge is 0.497 e. The molecule has 3 heterocycles. The van der Waals surface area contributed by atoms with Crippen LogP contribution < -0.4 is 10.1 Å². The van der Waals surface area contributed by atoms with Crippen molar-refractivity contribution >= 4 is 16.7 Å². The first-order chi connectivity index (χ1) is 17.9. The number of aromatic nitrogens is 1. The normalized spacial score (nSPS) is 24.5. The van der Waals surface area contributed by atoms with E-state index in [1.807, 2.05) is 25.1 Å². The predicted octanol–water partition coefficient (Wildman–Crippen LogP) is 4.57. The second-order valence-corrected chi connectivity index (χ2v) is 11.2. The first-order valence-corrected chi connectivity index (χ1v) is 13.5. The average molecular weight is 506 g/mol. The van der Waals surface area contributed by atoms with Gasteiger partial charge in [0.1, 0.15) is 17.1 Å². The summed E-state index contributed by atoms with van der Waals surface area (Å²) in [5.74, 6) is 0.401. The lowest BCUT2D eigenvalue weighted by molar-refractivity contribution is -0.148. The molecule has 1 aliphatic carbocycles. The summed E-state index contributed by atoms with van der Waals surface area (Å²) in [4.78, 5) is 20.2. The summed E-state index contributed by atoms with van der Waals surface area (Å²) in [7, 11) is 1.65. The van der Waals surface area contributed by atoms with Gasteiger partial charge in [-0.2, -0.15) is 0 Å². The third-order valence-electron chi connectivity index (χ3n) is 9.41. The van der Waals surface area contributed by atoms with E-state index in [0.717, 1.165) is 73.1 Å². The van der Waals surface area contributed by atoms with E-state index >= 15 is 4.39 Å². The number of methoxy groups -OCH3 is 1. The smallest absolute Gasteiger partial charge is 0.164 e. The Morgan fingerprint density at radius 2 is 1.97 bits per heavy atom. The van der Waals surface area contributed by atoms with Gasteiger partial charge in [-0.3, -0.25) is 9.69 Å². The highest BCUT2D eigenvalue weighted by Crippen LogP contribution is 2.54. The SMILES string of the molecule is COc1ccc2c3c([nH]c2c1)[C@@](CO)(C(=O)C1CCC1)N([C@@H](C)c1ccccc1F)CC31CCNCC1. The van der Waals surface area contributed by atoms with E-state index in [2.05, 4.69) is 21.3 Å². The molecule has 196 valence electrons. The quantitative estimate of drug-likeness (QED) is 0.458. The van der Waals surface area contributed by atoms with Gasteiger partial charge in [-0.25, -0.2) is 4.39 Å². The summed E-state index contributed by atoms with van der Waals surface area (Å²) in [6, 6.07) is 12.4. The zero-order chi connectivity index (χ0) is 25.8. The number of ketones is 1. The molecule has 2 aromatic carbocycles. The number of halogens is 1. The van der Waals surface area contributed by atoms with Gasteiger partial charge in [0.15, 0.2) is 5.78 Å². The molecule has 0 amide bonds. The van der Waals surface area contributed by atoms with Crippen molar-refractivity contribution in [1.29, 1.82) is 0 Å². The Hall–Kier alpha value is -2.74. The van der Waals surface area contributed by atoms with Crippen LogP contribution in [0.15, 0.2) is 42.5 Å². The molecular formula is C30H36FN3O3. The van der Waals surface area contributed by atoms with Crippen LogP contribution in [0.4, 0.5) is 4.39 Å². The van der Waals surface area contributed by atoms with Crippen molar-refractivity contribution in [3.8, 4) is 5.75 Å². The minimum absolute atomic E-state index is 0.0491. The minimum atomic E-state index is -1.27. The van der Waals surface area contributed by atoms with E-state index in [1.165, 1.54) is 6.07 Å². The molecule has 1 saturated heterocycles. The number of benzene rings is 2. The molecule has 1 spiro atoms. The van der Waals surface area contributed by atoms with Crippen molar-refractivity contribution < 1.29 is 19.0 Å². The number of piperidine rings is 1. The zero-order valence-corrected chi connectivity index (χ0v) is 21.6. The van der Waals surface area contributed by atoms with Crippen LogP contribution in [-0.2, 0) is 15.7 Å². The second-order valence-electron chi connectivity index (χ2n) is 11.2. The molecule has 2 aliphatic heterocycles. The number of aromatic amines is 1. The first kappa shape index (κ1) is 24.6. The highest BCUT2D eigenvalue weighted by atomic mass is 19.1. The maximum Gasteiger partial charge on any atom is 0.164 e. The third kappa shape index (κ3) is 3.58. The highest BCUT2D eigenvalue weighted by molar-refractivity contribution is 5.97. The Morgan fingerprint density at radius 3 is 2.62 bits per heavy atom. The van der Waals surface area contributed by atoms with E-state index in [9.17, 15) is 9.90 Å². The van der Waals surface area contributed by atoms with Crippen LogP contribution in [-0.4, -0.2) is 54.1 Å². The minimum Gasteiger partial charge on any atom is -0.497 e. The molecule has 37 heavy (non-hydrogen) atoms. The van der Waals surface area contributed by atoms with Crippen LogP contribution in [0, 0.1) is 11.7 Å². The van der Waals surface area contributed by atoms with Gasteiger partial charge in [-0.05, 0) is 69.5 Å². The molecule has 1 saturated carbocycles. The molecule has 0 unspecified atom stereocenters. The topological polar surface area (TPSA) is 77.6 Å². The number of carbonyl (C=O) groups is 1. The summed E-state index contributed by atoms with van der Waals surface area (Å²) in [5.41, 5.74) is 1.88. The van der Waals surface area contributed by atoms with Gasteiger partial charge in [0.25, 0.3) is 0 Å². The summed E-state index contributed by atoms with van der Waals surface area (Å²) in [6.45, 7) is 3.93. The van der Waals surface area contributed by atoms with Gasteiger partial charge < -0.3 is 20.1 Å². The van der Waals surface area contributed by atoms with Crippen molar-refractivity contribution in [2.75, 3.05) is 33.4 Å². The van der Waals surface area contributed by atoms with E-state index < -0.39 is 11.6 Å². The lowest BCUT2D eigenvalue weighted by Gasteiger charge is -2.56. The number of H-pyrrole nitrogens is 1. The monoisotopic (exact) mass is 505 g/mol. The number of rotatable bonds is 6. The van der Waals surface area contributed by atoms with Crippen molar-refractivity contribution in [1.82, 2.24) is 15.2 Å². The number of nitrogens with zero attached hydrogens (tertiary/aromatic N) is 1. The summed E-state index contributed by atoms with van der Waals surface area (Å²) in [6.07, 6.45) is 4.49. The van der Waals surface area contributed by atoms with E-state index in [-0.39, 0.29) is 29.5 Å². The van der Waals surface area contributed by atoms with E-state index in [4.69, 9.17) is 4.74 Å². The van der Waals surface area contributed by atoms with Crippen LogP contribution in [0.25, 0.3) is 10.9 Å². The Bertz CT molecular complexity index is 1330. The number of aliphatic hydroxyl groups is 1. The second kappa shape index (κ2) is 9.22. The summed E-state index contributed by atoms with van der Waals surface area (Å²) < 4.78 is 20.7. The summed E-state index contributed by atoms with van der Waals surface area (Å²) in [5, 5.41) is 15.8. The van der Waals surface area contributed by atoms with Crippen LogP contribution in [0.2, 0.25) is 0 Å². The Labute approximate surface area is 217 Å². The standard InChI is InChI=1S/C30H36FN3O3/c1-19(22-8-3-4-9-24(22)31)34-17-29(12-14-32-15-13-29)26-23-11-10-21(37-2)16-25(23)33-27(26)30(34,18-35)28(36)20-6-5-7-20/h3-4,8-11,16,19-20,32-33,35H,5-7,12-15,17-18H2,1-2H3/t19-,30-/m0/s1. The fourth-order valence-electron chi connectivity index (χ4n) is 7.13. The Kier molecular flexibility index (Phi) is 6.13. The Morgan fingerprint density at radius 1 is 1.22 bits per heavy atom. The fraction of sp³-hybridized carbons (Fsp3) is 0.500. The highest BCUT2D eigenvalue weighted by Gasteiger charge is 2.59. The molecule has 0 bridgehead atoms. The number of ether oxygens (including phenoxy) is 1. The van der Waals surface area contributed by atoms with Crippen LogP contribution in [0.1, 0.15) is 61.9 Å².